The van der Waals surface area contributed by atoms with E-state index in [2.05, 4.69) is 51.2 Å². The highest BCUT2D eigenvalue weighted by Crippen LogP contribution is 2.33. The average Bonchev–Trinajstić information content (AvgIpc) is 2.55. The standard InChI is InChI=1S/C22H27NO/c1-15(2)19-12-9-13-20(16(3)4)22(19)23-17(5)14-21(24)18-10-7-6-8-11-18/h6-16,23H,1-5H3/b17-14-. The lowest BCUT2D eigenvalue weighted by molar-refractivity contribution is 0.104. The zero-order valence-electron chi connectivity index (χ0n) is 15.3. The zero-order chi connectivity index (χ0) is 17.7. The highest BCUT2D eigenvalue weighted by molar-refractivity contribution is 6.05. The minimum atomic E-state index is 0.0220. The van der Waals surface area contributed by atoms with Crippen LogP contribution in [-0.4, -0.2) is 5.78 Å². The number of benzene rings is 2. The summed E-state index contributed by atoms with van der Waals surface area (Å²) in [7, 11) is 0. The van der Waals surface area contributed by atoms with Crippen molar-refractivity contribution in [2.45, 2.75) is 46.5 Å². The van der Waals surface area contributed by atoms with E-state index in [0.29, 0.717) is 17.4 Å². The van der Waals surface area contributed by atoms with Crippen molar-refractivity contribution in [3.8, 4) is 0 Å². The van der Waals surface area contributed by atoms with Crippen molar-refractivity contribution in [3.63, 3.8) is 0 Å². The SMILES string of the molecule is C/C(=C/C(=O)c1ccccc1)Nc1c(C(C)C)cccc1C(C)C. The molecule has 24 heavy (non-hydrogen) atoms. The Balaban J connectivity index is 2.33. The molecular weight excluding hydrogens is 294 g/mol. The second-order valence-corrected chi connectivity index (χ2v) is 6.80. The Morgan fingerprint density at radius 1 is 0.875 bits per heavy atom. The topological polar surface area (TPSA) is 29.1 Å². The molecule has 2 aromatic rings. The van der Waals surface area contributed by atoms with E-state index in [0.717, 1.165) is 11.4 Å². The molecule has 126 valence electrons. The first-order chi connectivity index (χ1) is 11.4. The fourth-order valence-electron chi connectivity index (χ4n) is 2.81. The maximum Gasteiger partial charge on any atom is 0.187 e. The molecule has 0 amide bonds. The van der Waals surface area contributed by atoms with Crippen molar-refractivity contribution in [1.29, 1.82) is 0 Å². The Bertz CT molecular complexity index is 701. The lowest BCUT2D eigenvalue weighted by atomic mass is 9.92. The normalized spacial score (nSPS) is 11.9. The summed E-state index contributed by atoms with van der Waals surface area (Å²) >= 11 is 0. The number of rotatable bonds is 6. The van der Waals surface area contributed by atoms with Crippen molar-refractivity contribution in [2.24, 2.45) is 0 Å². The van der Waals surface area contributed by atoms with Crippen molar-refractivity contribution >= 4 is 11.5 Å². The van der Waals surface area contributed by atoms with Gasteiger partial charge in [-0.2, -0.15) is 0 Å². The molecule has 0 unspecified atom stereocenters. The largest absolute Gasteiger partial charge is 0.359 e. The van der Waals surface area contributed by atoms with E-state index in [1.54, 1.807) is 6.08 Å². The maximum absolute atomic E-state index is 12.4. The third kappa shape index (κ3) is 4.35. The number of nitrogens with one attached hydrogen (secondary N) is 1. The van der Waals surface area contributed by atoms with Crippen molar-refractivity contribution in [1.82, 2.24) is 0 Å². The molecule has 0 aromatic heterocycles. The van der Waals surface area contributed by atoms with Gasteiger partial charge in [-0.15, -0.1) is 0 Å². The molecule has 0 aliphatic carbocycles. The number of hydrogen-bond donors (Lipinski definition) is 1. The summed E-state index contributed by atoms with van der Waals surface area (Å²) in [6.45, 7) is 10.7. The lowest BCUT2D eigenvalue weighted by Gasteiger charge is -2.21. The average molecular weight is 321 g/mol. The lowest BCUT2D eigenvalue weighted by Crippen LogP contribution is -2.07. The fourth-order valence-corrected chi connectivity index (χ4v) is 2.81. The van der Waals surface area contributed by atoms with E-state index in [1.807, 2.05) is 37.3 Å². The minimum Gasteiger partial charge on any atom is -0.359 e. The van der Waals surface area contributed by atoms with Crippen LogP contribution in [0.15, 0.2) is 60.3 Å². The van der Waals surface area contributed by atoms with Crippen molar-refractivity contribution < 1.29 is 4.79 Å². The van der Waals surface area contributed by atoms with Crippen LogP contribution >= 0.6 is 0 Å². The summed E-state index contributed by atoms with van der Waals surface area (Å²) in [6.07, 6.45) is 1.68. The van der Waals surface area contributed by atoms with E-state index < -0.39 is 0 Å². The summed E-state index contributed by atoms with van der Waals surface area (Å²) in [6, 6.07) is 15.8. The molecule has 0 saturated heterocycles. The highest BCUT2D eigenvalue weighted by Gasteiger charge is 2.14. The van der Waals surface area contributed by atoms with Gasteiger partial charge < -0.3 is 5.32 Å². The molecule has 2 rings (SSSR count). The molecule has 0 heterocycles. The first-order valence-electron chi connectivity index (χ1n) is 8.57. The van der Waals surface area contributed by atoms with Gasteiger partial charge >= 0.3 is 0 Å². The number of para-hydroxylation sites is 1. The van der Waals surface area contributed by atoms with Crippen LogP contribution in [0.2, 0.25) is 0 Å². The molecular formula is C22H27NO. The molecule has 0 bridgehead atoms. The third-order valence-corrected chi connectivity index (χ3v) is 4.10. The zero-order valence-corrected chi connectivity index (χ0v) is 15.3. The van der Waals surface area contributed by atoms with Gasteiger partial charge in [0.05, 0.1) is 0 Å². The molecule has 0 atom stereocenters. The molecule has 1 N–H and O–H groups in total. The summed E-state index contributed by atoms with van der Waals surface area (Å²) in [5.41, 5.74) is 5.26. The quantitative estimate of drug-likeness (QED) is 0.512. The predicted octanol–water partition coefficient (Wildman–Crippen LogP) is 6.13. The van der Waals surface area contributed by atoms with Crippen LogP contribution in [0.4, 0.5) is 5.69 Å². The van der Waals surface area contributed by atoms with Gasteiger partial charge in [0.1, 0.15) is 0 Å². The molecule has 0 fully saturated rings. The molecule has 0 saturated carbocycles. The maximum atomic E-state index is 12.4. The fraction of sp³-hybridized carbons (Fsp3) is 0.318. The van der Waals surface area contributed by atoms with Crippen LogP contribution in [0.3, 0.4) is 0 Å². The summed E-state index contributed by atoms with van der Waals surface area (Å²) in [4.78, 5) is 12.4. The van der Waals surface area contributed by atoms with Gasteiger partial charge in [-0.1, -0.05) is 76.2 Å². The number of anilines is 1. The van der Waals surface area contributed by atoms with Gasteiger partial charge in [0.15, 0.2) is 5.78 Å². The van der Waals surface area contributed by atoms with Gasteiger partial charge in [-0.25, -0.2) is 0 Å². The molecule has 2 heteroatoms. The van der Waals surface area contributed by atoms with Crippen LogP contribution in [-0.2, 0) is 0 Å². The molecule has 0 aliphatic rings. The van der Waals surface area contributed by atoms with E-state index in [-0.39, 0.29) is 5.78 Å². The van der Waals surface area contributed by atoms with E-state index in [1.165, 1.54) is 11.1 Å². The highest BCUT2D eigenvalue weighted by atomic mass is 16.1. The Morgan fingerprint density at radius 2 is 1.42 bits per heavy atom. The number of allylic oxidation sites excluding steroid dienone is 2. The smallest absolute Gasteiger partial charge is 0.187 e. The van der Waals surface area contributed by atoms with E-state index >= 15 is 0 Å². The van der Waals surface area contributed by atoms with Gasteiger partial charge in [0, 0.05) is 23.0 Å². The number of ketones is 1. The monoisotopic (exact) mass is 321 g/mol. The van der Waals surface area contributed by atoms with Gasteiger partial charge in [0.2, 0.25) is 0 Å². The van der Waals surface area contributed by atoms with Gasteiger partial charge in [-0.05, 0) is 29.9 Å². The molecule has 0 aliphatic heterocycles. The molecule has 0 radical (unpaired) electrons. The van der Waals surface area contributed by atoms with Crippen LogP contribution in [0.1, 0.15) is 67.9 Å². The molecule has 2 aromatic carbocycles. The van der Waals surface area contributed by atoms with Crippen LogP contribution in [0, 0.1) is 0 Å². The van der Waals surface area contributed by atoms with E-state index in [9.17, 15) is 4.79 Å². The van der Waals surface area contributed by atoms with E-state index in [4.69, 9.17) is 0 Å². The summed E-state index contributed by atoms with van der Waals surface area (Å²) in [5.74, 6) is 0.862. The van der Waals surface area contributed by atoms with Crippen LogP contribution in [0.5, 0.6) is 0 Å². The van der Waals surface area contributed by atoms with Gasteiger partial charge in [0.25, 0.3) is 0 Å². The Hall–Kier alpha value is -2.35. The number of hydrogen-bond acceptors (Lipinski definition) is 2. The first kappa shape index (κ1) is 18.0. The number of carbonyl (C=O) groups excluding carboxylic acids is 1. The first-order valence-corrected chi connectivity index (χ1v) is 8.57. The van der Waals surface area contributed by atoms with Crippen LogP contribution < -0.4 is 5.32 Å². The Kier molecular flexibility index (Phi) is 5.97. The summed E-state index contributed by atoms with van der Waals surface area (Å²) in [5, 5.41) is 3.48. The second-order valence-electron chi connectivity index (χ2n) is 6.80. The van der Waals surface area contributed by atoms with Crippen molar-refractivity contribution in [2.75, 3.05) is 5.32 Å². The van der Waals surface area contributed by atoms with Crippen molar-refractivity contribution in [3.05, 3.63) is 77.0 Å². The predicted molar refractivity (Wildman–Crippen MR) is 103 cm³/mol. The Labute approximate surface area is 145 Å². The van der Waals surface area contributed by atoms with Gasteiger partial charge in [-0.3, -0.25) is 4.79 Å². The number of carbonyl (C=O) groups is 1. The Morgan fingerprint density at radius 3 is 1.92 bits per heavy atom. The summed E-state index contributed by atoms with van der Waals surface area (Å²) < 4.78 is 0. The molecule has 2 nitrogen and oxygen atoms in total. The van der Waals surface area contributed by atoms with Crippen LogP contribution in [0.25, 0.3) is 0 Å². The molecule has 0 spiro atoms. The minimum absolute atomic E-state index is 0.0220. The third-order valence-electron chi connectivity index (χ3n) is 4.10. The second kappa shape index (κ2) is 7.96.